The summed E-state index contributed by atoms with van der Waals surface area (Å²) in [5.74, 6) is 0.307. The zero-order chi connectivity index (χ0) is 14.5. The van der Waals surface area contributed by atoms with Crippen molar-refractivity contribution in [3.63, 3.8) is 0 Å². The summed E-state index contributed by atoms with van der Waals surface area (Å²) in [4.78, 5) is 1.29. The van der Waals surface area contributed by atoms with Crippen LogP contribution >= 0.6 is 11.3 Å². The van der Waals surface area contributed by atoms with Crippen LogP contribution in [0.4, 0.5) is 0 Å². The van der Waals surface area contributed by atoms with Crippen LogP contribution in [-0.2, 0) is 6.54 Å². The van der Waals surface area contributed by atoms with Crippen molar-refractivity contribution in [2.24, 2.45) is 0 Å². The highest BCUT2D eigenvalue weighted by Crippen LogP contribution is 2.26. The van der Waals surface area contributed by atoms with Gasteiger partial charge < -0.3 is 10.4 Å². The van der Waals surface area contributed by atoms with Crippen molar-refractivity contribution in [3.05, 3.63) is 88.1 Å². The van der Waals surface area contributed by atoms with E-state index in [0.717, 1.165) is 5.56 Å². The topological polar surface area (TPSA) is 32.3 Å². The van der Waals surface area contributed by atoms with Gasteiger partial charge >= 0.3 is 0 Å². The van der Waals surface area contributed by atoms with E-state index in [-0.39, 0.29) is 6.04 Å². The van der Waals surface area contributed by atoms with Crippen LogP contribution < -0.4 is 5.32 Å². The lowest BCUT2D eigenvalue weighted by molar-refractivity contribution is 0.473. The molecule has 3 rings (SSSR count). The van der Waals surface area contributed by atoms with Gasteiger partial charge in [-0.3, -0.25) is 0 Å². The first-order valence-electron chi connectivity index (χ1n) is 6.92. The molecule has 0 fully saturated rings. The predicted molar refractivity (Wildman–Crippen MR) is 87.6 cm³/mol. The Morgan fingerprint density at radius 2 is 1.81 bits per heavy atom. The summed E-state index contributed by atoms with van der Waals surface area (Å²) in [6.07, 6.45) is 0. The van der Waals surface area contributed by atoms with Crippen molar-refractivity contribution < 1.29 is 5.11 Å². The summed E-state index contributed by atoms with van der Waals surface area (Å²) in [5, 5.41) is 15.2. The highest BCUT2D eigenvalue weighted by molar-refractivity contribution is 7.10. The zero-order valence-corrected chi connectivity index (χ0v) is 12.4. The van der Waals surface area contributed by atoms with Gasteiger partial charge in [0.2, 0.25) is 0 Å². The molecule has 106 valence electrons. The normalized spacial score (nSPS) is 12.2. The second-order valence-corrected chi connectivity index (χ2v) is 5.89. The molecule has 0 spiro atoms. The molecule has 0 saturated heterocycles. The van der Waals surface area contributed by atoms with Crippen molar-refractivity contribution in [1.29, 1.82) is 0 Å². The Balaban J connectivity index is 1.80. The van der Waals surface area contributed by atoms with Crippen LogP contribution in [0.5, 0.6) is 5.75 Å². The molecule has 1 unspecified atom stereocenters. The number of rotatable bonds is 5. The number of phenols is 1. The summed E-state index contributed by atoms with van der Waals surface area (Å²) < 4.78 is 0. The Kier molecular flexibility index (Phi) is 4.34. The smallest absolute Gasteiger partial charge is 0.115 e. The minimum absolute atomic E-state index is 0.175. The molecule has 0 amide bonds. The van der Waals surface area contributed by atoms with Gasteiger partial charge in [-0.25, -0.2) is 0 Å². The number of thiophene rings is 1. The molecule has 1 heterocycles. The van der Waals surface area contributed by atoms with E-state index in [1.165, 1.54) is 10.4 Å². The van der Waals surface area contributed by atoms with Crippen LogP contribution in [0.2, 0.25) is 0 Å². The molecule has 21 heavy (non-hydrogen) atoms. The molecule has 0 aliphatic rings. The molecule has 2 nitrogen and oxygen atoms in total. The van der Waals surface area contributed by atoms with Crippen molar-refractivity contribution >= 4 is 11.3 Å². The number of benzene rings is 2. The molecule has 3 aromatic rings. The predicted octanol–water partition coefficient (Wildman–Crippen LogP) is 4.33. The van der Waals surface area contributed by atoms with Gasteiger partial charge in [0.05, 0.1) is 6.04 Å². The number of hydrogen-bond acceptors (Lipinski definition) is 3. The van der Waals surface area contributed by atoms with Gasteiger partial charge in [0.1, 0.15) is 5.75 Å². The third-order valence-electron chi connectivity index (χ3n) is 3.38. The van der Waals surface area contributed by atoms with Crippen LogP contribution in [0.25, 0.3) is 0 Å². The third-order valence-corrected chi connectivity index (χ3v) is 4.32. The van der Waals surface area contributed by atoms with Gasteiger partial charge in [0.15, 0.2) is 0 Å². The van der Waals surface area contributed by atoms with Gasteiger partial charge in [0.25, 0.3) is 0 Å². The second-order valence-electron chi connectivity index (χ2n) is 4.91. The minimum Gasteiger partial charge on any atom is -0.508 e. The summed E-state index contributed by atoms with van der Waals surface area (Å²) in [7, 11) is 0. The molecule has 0 radical (unpaired) electrons. The highest BCUT2D eigenvalue weighted by atomic mass is 32.1. The van der Waals surface area contributed by atoms with E-state index >= 15 is 0 Å². The zero-order valence-electron chi connectivity index (χ0n) is 11.6. The molecule has 2 aromatic carbocycles. The Morgan fingerprint density at radius 1 is 0.952 bits per heavy atom. The molecular formula is C18H17NOS. The van der Waals surface area contributed by atoms with Crippen molar-refractivity contribution in [1.82, 2.24) is 5.32 Å². The maximum Gasteiger partial charge on any atom is 0.115 e. The molecule has 1 atom stereocenters. The second kappa shape index (κ2) is 6.57. The molecule has 3 heteroatoms. The maximum atomic E-state index is 9.55. The van der Waals surface area contributed by atoms with Gasteiger partial charge in [-0.2, -0.15) is 0 Å². The van der Waals surface area contributed by atoms with Crippen LogP contribution in [0.3, 0.4) is 0 Å². The van der Waals surface area contributed by atoms with Gasteiger partial charge in [-0.15, -0.1) is 11.3 Å². The third kappa shape index (κ3) is 3.51. The van der Waals surface area contributed by atoms with E-state index in [9.17, 15) is 5.11 Å². The van der Waals surface area contributed by atoms with Crippen LogP contribution in [0.15, 0.2) is 72.1 Å². The lowest BCUT2D eigenvalue weighted by Crippen LogP contribution is -2.21. The maximum absolute atomic E-state index is 9.55. The fraction of sp³-hybridized carbons (Fsp3) is 0.111. The van der Waals surface area contributed by atoms with E-state index < -0.39 is 0 Å². The van der Waals surface area contributed by atoms with E-state index in [1.54, 1.807) is 23.5 Å². The Bertz CT molecular complexity index is 679. The SMILES string of the molecule is Oc1cccc(CNC(c2ccccc2)c2cccs2)c1. The average molecular weight is 295 g/mol. The summed E-state index contributed by atoms with van der Waals surface area (Å²) in [6.45, 7) is 0.714. The standard InChI is InChI=1S/C18H17NOS/c20-16-9-4-6-14(12-16)13-19-18(17-10-5-11-21-17)15-7-2-1-3-8-15/h1-12,18-20H,13H2. The number of phenolic OH excluding ortho intramolecular Hbond substituents is 1. The van der Waals surface area contributed by atoms with Gasteiger partial charge in [-0.1, -0.05) is 48.5 Å². The van der Waals surface area contributed by atoms with Crippen LogP contribution in [0.1, 0.15) is 22.0 Å². The van der Waals surface area contributed by atoms with Crippen LogP contribution in [-0.4, -0.2) is 5.11 Å². The number of hydrogen-bond donors (Lipinski definition) is 2. The fourth-order valence-electron chi connectivity index (χ4n) is 2.37. The number of nitrogens with one attached hydrogen (secondary N) is 1. The van der Waals surface area contributed by atoms with Crippen molar-refractivity contribution in [2.75, 3.05) is 0 Å². The highest BCUT2D eigenvalue weighted by Gasteiger charge is 2.14. The summed E-state index contributed by atoms with van der Waals surface area (Å²) in [5.41, 5.74) is 2.33. The quantitative estimate of drug-likeness (QED) is 0.734. The van der Waals surface area contributed by atoms with Crippen LogP contribution in [0, 0.1) is 0 Å². The largest absolute Gasteiger partial charge is 0.508 e. The minimum atomic E-state index is 0.175. The molecule has 1 aromatic heterocycles. The molecule has 0 aliphatic carbocycles. The fourth-order valence-corrected chi connectivity index (χ4v) is 3.20. The molecule has 2 N–H and O–H groups in total. The lowest BCUT2D eigenvalue weighted by Gasteiger charge is -2.18. The van der Waals surface area contributed by atoms with E-state index in [1.807, 2.05) is 18.2 Å². The van der Waals surface area contributed by atoms with E-state index in [4.69, 9.17) is 0 Å². The van der Waals surface area contributed by atoms with E-state index in [0.29, 0.717) is 12.3 Å². The van der Waals surface area contributed by atoms with Crippen molar-refractivity contribution in [2.45, 2.75) is 12.6 Å². The number of aromatic hydroxyl groups is 1. The summed E-state index contributed by atoms with van der Waals surface area (Å²) in [6, 6.07) is 22.2. The van der Waals surface area contributed by atoms with E-state index in [2.05, 4.69) is 47.1 Å². The first kappa shape index (κ1) is 13.9. The van der Waals surface area contributed by atoms with Gasteiger partial charge in [0, 0.05) is 11.4 Å². The first-order chi connectivity index (χ1) is 10.3. The Labute approximate surface area is 128 Å². The molecule has 0 saturated carbocycles. The van der Waals surface area contributed by atoms with Gasteiger partial charge in [-0.05, 0) is 34.7 Å². The Morgan fingerprint density at radius 3 is 2.52 bits per heavy atom. The first-order valence-corrected chi connectivity index (χ1v) is 7.80. The Hall–Kier alpha value is -2.10. The molecule has 0 bridgehead atoms. The average Bonchev–Trinajstić information content (AvgIpc) is 3.03. The molecular weight excluding hydrogens is 278 g/mol. The monoisotopic (exact) mass is 295 g/mol. The van der Waals surface area contributed by atoms with Crippen molar-refractivity contribution in [3.8, 4) is 5.75 Å². The summed E-state index contributed by atoms with van der Waals surface area (Å²) >= 11 is 1.75. The molecule has 0 aliphatic heterocycles. The lowest BCUT2D eigenvalue weighted by atomic mass is 10.0.